The van der Waals surface area contributed by atoms with E-state index in [4.69, 9.17) is 0 Å². The molecule has 0 saturated carbocycles. The zero-order chi connectivity index (χ0) is 32.3. The highest BCUT2D eigenvalue weighted by atomic mass is 14.2. The normalized spacial score (nSPS) is 10.3. The molecule has 228 valence electrons. The van der Waals surface area contributed by atoms with Gasteiger partial charge in [0.25, 0.3) is 0 Å². The number of hydrogen-bond acceptors (Lipinski definition) is 0. The zero-order valence-electron chi connectivity index (χ0n) is 28.4. The highest BCUT2D eigenvalue weighted by molar-refractivity contribution is 5.76. The van der Waals surface area contributed by atoms with Crippen LogP contribution < -0.4 is 0 Å². The molecular weight excluding hydrogens is 540 g/mol. The predicted molar refractivity (Wildman–Crippen MR) is 199 cm³/mol. The van der Waals surface area contributed by atoms with Gasteiger partial charge in [-0.3, -0.25) is 0 Å². The Kier molecular flexibility index (Phi) is 11.7. The highest BCUT2D eigenvalue weighted by Gasteiger charge is 2.12. The molecule has 6 aromatic carbocycles. The molecule has 0 aliphatic rings. The average molecular weight is 589 g/mol. The van der Waals surface area contributed by atoms with Gasteiger partial charge in [-0.2, -0.15) is 0 Å². The quantitative estimate of drug-likeness (QED) is 0.181. The summed E-state index contributed by atoms with van der Waals surface area (Å²) in [7, 11) is 0. The lowest BCUT2D eigenvalue weighted by Gasteiger charge is -2.16. The van der Waals surface area contributed by atoms with Crippen molar-refractivity contribution < 1.29 is 0 Å². The summed E-state index contributed by atoms with van der Waals surface area (Å²) in [6.07, 6.45) is 0.882. The zero-order valence-corrected chi connectivity index (χ0v) is 28.4. The Morgan fingerprint density at radius 1 is 0.289 bits per heavy atom. The SMILES string of the molecule is CC.CC.Cc1ccc(-c2ccc(-c3ccc(C)cc3Cc3cc(C)ccc3-c3ccc(-c4ccc(C)cc4)cc3)cc2)cc1. The Bertz CT molecular complexity index is 1650. The van der Waals surface area contributed by atoms with Crippen LogP contribution in [0.4, 0.5) is 0 Å². The van der Waals surface area contributed by atoms with Crippen LogP contribution in [0.1, 0.15) is 61.1 Å². The minimum atomic E-state index is 0.882. The van der Waals surface area contributed by atoms with Crippen LogP contribution in [0.5, 0.6) is 0 Å². The summed E-state index contributed by atoms with van der Waals surface area (Å²) < 4.78 is 0. The fourth-order valence-electron chi connectivity index (χ4n) is 5.68. The monoisotopic (exact) mass is 588 g/mol. The second-order valence-electron chi connectivity index (χ2n) is 11.4. The molecule has 0 bridgehead atoms. The summed E-state index contributed by atoms with van der Waals surface area (Å²) >= 11 is 0. The Balaban J connectivity index is 0.00000111. The largest absolute Gasteiger partial charge is 0.0683 e. The molecule has 0 aliphatic heterocycles. The molecule has 0 nitrogen and oxygen atoms in total. The Morgan fingerprint density at radius 2 is 0.533 bits per heavy atom. The third-order valence-electron chi connectivity index (χ3n) is 8.06. The van der Waals surface area contributed by atoms with E-state index in [9.17, 15) is 0 Å². The molecule has 0 radical (unpaired) electrons. The average Bonchev–Trinajstić information content (AvgIpc) is 3.08. The first-order chi connectivity index (χ1) is 21.9. The van der Waals surface area contributed by atoms with E-state index in [1.807, 2.05) is 27.7 Å². The van der Waals surface area contributed by atoms with Crippen molar-refractivity contribution in [3.8, 4) is 44.5 Å². The first kappa shape index (κ1) is 33.2. The first-order valence-corrected chi connectivity index (χ1v) is 16.5. The van der Waals surface area contributed by atoms with Crippen LogP contribution in [0.3, 0.4) is 0 Å². The van der Waals surface area contributed by atoms with Gasteiger partial charge in [-0.05, 0) is 89.8 Å². The molecule has 6 rings (SSSR count). The molecule has 0 atom stereocenters. The molecular formula is C45H48. The van der Waals surface area contributed by atoms with Crippen LogP contribution in [0.15, 0.2) is 133 Å². The lowest BCUT2D eigenvalue weighted by atomic mass is 9.88. The van der Waals surface area contributed by atoms with Gasteiger partial charge < -0.3 is 0 Å². The maximum Gasteiger partial charge on any atom is -0.00133 e. The van der Waals surface area contributed by atoms with Gasteiger partial charge in [0.05, 0.1) is 0 Å². The number of rotatable bonds is 6. The smallest absolute Gasteiger partial charge is 0.00133 e. The van der Waals surface area contributed by atoms with E-state index in [-0.39, 0.29) is 0 Å². The summed E-state index contributed by atoms with van der Waals surface area (Å²) in [6, 6.07) is 49.3. The van der Waals surface area contributed by atoms with Crippen molar-refractivity contribution in [3.63, 3.8) is 0 Å². The second-order valence-corrected chi connectivity index (χ2v) is 11.4. The lowest BCUT2D eigenvalue weighted by Crippen LogP contribution is -1.97. The summed E-state index contributed by atoms with van der Waals surface area (Å²) in [4.78, 5) is 0. The van der Waals surface area contributed by atoms with Crippen LogP contribution in [0, 0.1) is 27.7 Å². The fourth-order valence-corrected chi connectivity index (χ4v) is 5.68. The van der Waals surface area contributed by atoms with Crippen molar-refractivity contribution in [1.29, 1.82) is 0 Å². The van der Waals surface area contributed by atoms with Gasteiger partial charge in [0.2, 0.25) is 0 Å². The van der Waals surface area contributed by atoms with Gasteiger partial charge in [-0.25, -0.2) is 0 Å². The van der Waals surface area contributed by atoms with E-state index in [2.05, 4.69) is 161 Å². The minimum absolute atomic E-state index is 0.882. The van der Waals surface area contributed by atoms with Gasteiger partial charge in [0.1, 0.15) is 0 Å². The van der Waals surface area contributed by atoms with E-state index >= 15 is 0 Å². The Hall–Kier alpha value is -4.68. The van der Waals surface area contributed by atoms with Gasteiger partial charge in [0.15, 0.2) is 0 Å². The van der Waals surface area contributed by atoms with Crippen molar-refractivity contribution in [2.24, 2.45) is 0 Å². The molecule has 0 amide bonds. The molecule has 0 heterocycles. The van der Waals surface area contributed by atoms with E-state index in [1.54, 1.807) is 0 Å². The van der Waals surface area contributed by atoms with Gasteiger partial charge in [-0.1, -0.05) is 183 Å². The third kappa shape index (κ3) is 8.28. The van der Waals surface area contributed by atoms with E-state index in [0.29, 0.717) is 0 Å². The summed E-state index contributed by atoms with van der Waals surface area (Å²) in [5.74, 6) is 0. The third-order valence-corrected chi connectivity index (χ3v) is 8.06. The molecule has 0 saturated heterocycles. The molecule has 45 heavy (non-hydrogen) atoms. The number of benzene rings is 6. The Morgan fingerprint density at radius 3 is 0.844 bits per heavy atom. The molecule has 0 aromatic heterocycles. The van der Waals surface area contributed by atoms with Crippen molar-refractivity contribution in [2.75, 3.05) is 0 Å². The molecule has 0 heteroatoms. The molecule has 0 fully saturated rings. The maximum absolute atomic E-state index is 2.36. The molecule has 0 aliphatic carbocycles. The van der Waals surface area contributed by atoms with Crippen LogP contribution in [-0.2, 0) is 6.42 Å². The summed E-state index contributed by atoms with van der Waals surface area (Å²) in [6.45, 7) is 16.6. The van der Waals surface area contributed by atoms with Crippen molar-refractivity contribution >= 4 is 0 Å². The fraction of sp³-hybridized carbons (Fsp3) is 0.200. The molecule has 0 spiro atoms. The van der Waals surface area contributed by atoms with E-state index in [1.165, 1.54) is 77.9 Å². The molecule has 6 aromatic rings. The van der Waals surface area contributed by atoms with Crippen LogP contribution in [0.25, 0.3) is 44.5 Å². The van der Waals surface area contributed by atoms with E-state index < -0.39 is 0 Å². The Labute approximate surface area is 272 Å². The van der Waals surface area contributed by atoms with Gasteiger partial charge in [0, 0.05) is 0 Å². The minimum Gasteiger partial charge on any atom is -0.0683 e. The second kappa shape index (κ2) is 15.9. The summed E-state index contributed by atoms with van der Waals surface area (Å²) in [5, 5.41) is 0. The topological polar surface area (TPSA) is 0 Å². The lowest BCUT2D eigenvalue weighted by molar-refractivity contribution is 1.18. The van der Waals surface area contributed by atoms with Crippen LogP contribution in [0.2, 0.25) is 0 Å². The maximum atomic E-state index is 2.36. The van der Waals surface area contributed by atoms with Crippen LogP contribution >= 0.6 is 0 Å². The van der Waals surface area contributed by atoms with Crippen LogP contribution in [-0.4, -0.2) is 0 Å². The standard InChI is InChI=1S/C41H36.2C2H6/c1-28-5-11-32(12-6-28)34-15-19-36(20-16-34)40-23-9-30(3)25-38(40)27-39-26-31(4)10-24-41(39)37-21-17-35(18-22-37)33-13-7-29(2)8-14-33;2*1-2/h5-26H,27H2,1-4H3;2*1-2H3. The summed E-state index contributed by atoms with van der Waals surface area (Å²) in [5.41, 5.74) is 18.0. The molecule has 0 unspecified atom stereocenters. The van der Waals surface area contributed by atoms with Crippen molar-refractivity contribution in [2.45, 2.75) is 61.8 Å². The highest BCUT2D eigenvalue weighted by Crippen LogP contribution is 2.33. The number of aryl methyl sites for hydroxylation is 4. The van der Waals surface area contributed by atoms with Crippen molar-refractivity contribution in [3.05, 3.63) is 167 Å². The van der Waals surface area contributed by atoms with Gasteiger partial charge >= 0.3 is 0 Å². The number of hydrogen-bond donors (Lipinski definition) is 0. The predicted octanol–water partition coefficient (Wildman–Crippen LogP) is 13.2. The van der Waals surface area contributed by atoms with E-state index in [0.717, 1.165) is 6.42 Å². The first-order valence-electron chi connectivity index (χ1n) is 16.5. The van der Waals surface area contributed by atoms with Crippen molar-refractivity contribution in [1.82, 2.24) is 0 Å². The van der Waals surface area contributed by atoms with Gasteiger partial charge in [-0.15, -0.1) is 0 Å². The molecule has 0 N–H and O–H groups in total.